The second kappa shape index (κ2) is 7.11. The van der Waals surface area contributed by atoms with Crippen LogP contribution < -0.4 is 5.32 Å². The molecule has 5 heteroatoms. The molecule has 1 aliphatic heterocycles. The van der Waals surface area contributed by atoms with Gasteiger partial charge in [0.25, 0.3) is 5.91 Å². The third-order valence-electron chi connectivity index (χ3n) is 3.76. The number of benzene rings is 1. The smallest absolute Gasteiger partial charge is 0.310 e. The molecule has 1 heterocycles. The Hall–Kier alpha value is -2.04. The lowest BCUT2D eigenvalue weighted by molar-refractivity contribution is -0.149. The average Bonchev–Trinajstić information content (AvgIpc) is 2.54. The first-order valence-electron chi connectivity index (χ1n) is 7.40. The summed E-state index contributed by atoms with van der Waals surface area (Å²) in [5.74, 6) is -0.435. The van der Waals surface area contributed by atoms with Gasteiger partial charge in [0, 0.05) is 25.8 Å². The number of carbonyl (C=O) groups excluding carboxylic acids is 2. The molecule has 1 unspecified atom stereocenters. The third kappa shape index (κ3) is 3.54. The number of carbonyl (C=O) groups is 2. The fourth-order valence-corrected chi connectivity index (χ4v) is 2.67. The summed E-state index contributed by atoms with van der Waals surface area (Å²) in [7, 11) is 1.80. The monoisotopic (exact) mass is 290 g/mol. The topological polar surface area (TPSA) is 58.6 Å². The normalized spacial score (nSPS) is 18.2. The number of nitrogens with one attached hydrogen (secondary N) is 1. The second-order valence-electron chi connectivity index (χ2n) is 5.14. The maximum absolute atomic E-state index is 12.6. The van der Waals surface area contributed by atoms with Gasteiger partial charge in [0.1, 0.15) is 0 Å². The molecular weight excluding hydrogens is 268 g/mol. The summed E-state index contributed by atoms with van der Waals surface area (Å²) >= 11 is 0. The summed E-state index contributed by atoms with van der Waals surface area (Å²) < 4.78 is 5.07. The molecule has 1 amide bonds. The van der Waals surface area contributed by atoms with Crippen LogP contribution in [0.1, 0.15) is 30.1 Å². The van der Waals surface area contributed by atoms with E-state index in [0.29, 0.717) is 25.3 Å². The van der Waals surface area contributed by atoms with Crippen molar-refractivity contribution in [2.45, 2.75) is 19.8 Å². The Bertz CT molecular complexity index is 516. The van der Waals surface area contributed by atoms with Crippen molar-refractivity contribution in [3.8, 4) is 0 Å². The molecule has 0 aliphatic carbocycles. The summed E-state index contributed by atoms with van der Waals surface area (Å²) in [5, 5.41) is 3.03. The van der Waals surface area contributed by atoms with Gasteiger partial charge >= 0.3 is 5.97 Å². The van der Waals surface area contributed by atoms with E-state index in [9.17, 15) is 9.59 Å². The van der Waals surface area contributed by atoms with Gasteiger partial charge in [-0.2, -0.15) is 0 Å². The Kier molecular flexibility index (Phi) is 5.20. The molecule has 0 radical (unpaired) electrons. The van der Waals surface area contributed by atoms with Crippen molar-refractivity contribution in [3.63, 3.8) is 0 Å². The predicted molar refractivity (Wildman–Crippen MR) is 81.2 cm³/mol. The molecule has 1 fully saturated rings. The first-order chi connectivity index (χ1) is 10.2. The lowest BCUT2D eigenvalue weighted by Gasteiger charge is -2.32. The lowest BCUT2D eigenvalue weighted by Crippen LogP contribution is -2.43. The van der Waals surface area contributed by atoms with Gasteiger partial charge in [0.05, 0.1) is 18.1 Å². The molecule has 21 heavy (non-hydrogen) atoms. The molecule has 0 spiro atoms. The molecule has 0 bridgehead atoms. The van der Waals surface area contributed by atoms with Gasteiger partial charge in [-0.05, 0) is 31.9 Å². The van der Waals surface area contributed by atoms with Crippen LogP contribution in [-0.4, -0.2) is 43.5 Å². The van der Waals surface area contributed by atoms with E-state index in [1.807, 2.05) is 24.3 Å². The van der Waals surface area contributed by atoms with Crippen molar-refractivity contribution >= 4 is 17.6 Å². The quantitative estimate of drug-likeness (QED) is 0.863. The van der Waals surface area contributed by atoms with Crippen LogP contribution in [0, 0.1) is 5.92 Å². The van der Waals surface area contributed by atoms with E-state index in [1.54, 1.807) is 18.9 Å². The summed E-state index contributed by atoms with van der Waals surface area (Å²) in [6.45, 7) is 3.31. The molecule has 5 nitrogen and oxygen atoms in total. The molecule has 1 atom stereocenters. The van der Waals surface area contributed by atoms with Crippen LogP contribution in [0.25, 0.3) is 0 Å². The van der Waals surface area contributed by atoms with Crippen molar-refractivity contribution in [3.05, 3.63) is 29.8 Å². The van der Waals surface area contributed by atoms with Crippen molar-refractivity contribution < 1.29 is 14.3 Å². The highest BCUT2D eigenvalue weighted by molar-refractivity contribution is 5.99. The fourth-order valence-electron chi connectivity index (χ4n) is 2.67. The number of esters is 1. The maximum Gasteiger partial charge on any atom is 0.310 e. The Morgan fingerprint density at radius 2 is 2.14 bits per heavy atom. The molecule has 0 aromatic heterocycles. The van der Waals surface area contributed by atoms with Crippen LogP contribution in [0.3, 0.4) is 0 Å². The zero-order chi connectivity index (χ0) is 15.2. The number of anilines is 1. The van der Waals surface area contributed by atoms with Crippen molar-refractivity contribution in [1.29, 1.82) is 0 Å². The SMILES string of the molecule is CCOC(=O)C1CCCN(C(=O)c2ccccc2NC)C1. The summed E-state index contributed by atoms with van der Waals surface area (Å²) in [4.78, 5) is 26.2. The molecule has 1 aliphatic rings. The van der Waals surface area contributed by atoms with E-state index >= 15 is 0 Å². The predicted octanol–water partition coefficient (Wildman–Crippen LogP) is 2.14. The Morgan fingerprint density at radius 1 is 1.38 bits per heavy atom. The number of piperidine rings is 1. The van der Waals surface area contributed by atoms with Gasteiger partial charge < -0.3 is 15.0 Å². The number of amides is 1. The molecule has 1 aromatic carbocycles. The highest BCUT2D eigenvalue weighted by atomic mass is 16.5. The number of likely N-dealkylation sites (tertiary alicyclic amines) is 1. The van der Waals surface area contributed by atoms with Crippen LogP contribution in [0.2, 0.25) is 0 Å². The average molecular weight is 290 g/mol. The van der Waals surface area contributed by atoms with E-state index in [0.717, 1.165) is 18.5 Å². The minimum Gasteiger partial charge on any atom is -0.466 e. The maximum atomic E-state index is 12.6. The third-order valence-corrected chi connectivity index (χ3v) is 3.76. The molecule has 1 aromatic rings. The standard InChI is InChI=1S/C16H22N2O3/c1-3-21-16(20)12-7-6-10-18(11-12)15(19)13-8-4-5-9-14(13)17-2/h4-5,8-9,12,17H,3,6-7,10-11H2,1-2H3. The van der Waals surface area contributed by atoms with Gasteiger partial charge in [-0.3, -0.25) is 9.59 Å². The summed E-state index contributed by atoms with van der Waals surface area (Å²) in [6.07, 6.45) is 1.62. The fraction of sp³-hybridized carbons (Fsp3) is 0.500. The molecule has 114 valence electrons. The van der Waals surface area contributed by atoms with E-state index < -0.39 is 0 Å². The number of nitrogens with zero attached hydrogens (tertiary/aromatic N) is 1. The van der Waals surface area contributed by atoms with Gasteiger partial charge in [-0.25, -0.2) is 0 Å². The largest absolute Gasteiger partial charge is 0.466 e. The van der Waals surface area contributed by atoms with Gasteiger partial charge in [0.2, 0.25) is 0 Å². The Morgan fingerprint density at radius 3 is 2.86 bits per heavy atom. The van der Waals surface area contributed by atoms with E-state index in [2.05, 4.69) is 5.32 Å². The van der Waals surface area contributed by atoms with E-state index in [1.165, 1.54) is 0 Å². The Balaban J connectivity index is 2.10. The number of ether oxygens (including phenoxy) is 1. The van der Waals surface area contributed by atoms with E-state index in [4.69, 9.17) is 4.74 Å². The number of para-hydroxylation sites is 1. The van der Waals surface area contributed by atoms with Crippen LogP contribution in [-0.2, 0) is 9.53 Å². The minimum atomic E-state index is -0.204. The first kappa shape index (κ1) is 15.4. The summed E-state index contributed by atoms with van der Waals surface area (Å²) in [5.41, 5.74) is 1.45. The van der Waals surface area contributed by atoms with Gasteiger partial charge in [-0.15, -0.1) is 0 Å². The van der Waals surface area contributed by atoms with Crippen LogP contribution in [0.5, 0.6) is 0 Å². The molecule has 2 rings (SSSR count). The molecule has 0 saturated carbocycles. The van der Waals surface area contributed by atoms with Gasteiger partial charge in [0.15, 0.2) is 0 Å². The molecule has 1 N–H and O–H groups in total. The Labute approximate surface area is 125 Å². The summed E-state index contributed by atoms with van der Waals surface area (Å²) in [6, 6.07) is 7.42. The van der Waals surface area contributed by atoms with Crippen molar-refractivity contribution in [2.75, 3.05) is 32.1 Å². The lowest BCUT2D eigenvalue weighted by atomic mass is 9.97. The van der Waals surface area contributed by atoms with Crippen molar-refractivity contribution in [2.24, 2.45) is 5.92 Å². The highest BCUT2D eigenvalue weighted by Crippen LogP contribution is 2.22. The van der Waals surface area contributed by atoms with Crippen molar-refractivity contribution in [1.82, 2.24) is 4.90 Å². The number of hydrogen-bond donors (Lipinski definition) is 1. The second-order valence-corrected chi connectivity index (χ2v) is 5.14. The van der Waals surface area contributed by atoms with Crippen LogP contribution in [0.4, 0.5) is 5.69 Å². The molecular formula is C16H22N2O3. The minimum absolute atomic E-state index is 0.0334. The zero-order valence-corrected chi connectivity index (χ0v) is 12.6. The zero-order valence-electron chi connectivity index (χ0n) is 12.6. The van der Waals surface area contributed by atoms with Gasteiger partial charge in [-0.1, -0.05) is 12.1 Å². The highest BCUT2D eigenvalue weighted by Gasteiger charge is 2.30. The van der Waals surface area contributed by atoms with Crippen LogP contribution >= 0.6 is 0 Å². The molecule has 1 saturated heterocycles. The number of rotatable bonds is 4. The van der Waals surface area contributed by atoms with E-state index in [-0.39, 0.29) is 17.8 Å². The van der Waals surface area contributed by atoms with Crippen LogP contribution in [0.15, 0.2) is 24.3 Å². The number of hydrogen-bond acceptors (Lipinski definition) is 4. The first-order valence-corrected chi connectivity index (χ1v) is 7.40.